The number of anilines is 6. The number of aromatic nitrogens is 2. The summed E-state index contributed by atoms with van der Waals surface area (Å²) in [5.74, 6) is 0.634. The molecule has 298 valence electrons. The minimum atomic E-state index is -0.629. The number of hydrogen-bond acceptors (Lipinski definition) is 6. The fraction of sp³-hybridized carbons (Fsp3) is 0.231. The molecular formula is C52H48BBrN4O2. The van der Waals surface area contributed by atoms with E-state index in [0.717, 1.165) is 38.1 Å². The number of halogens is 1. The largest absolute Gasteiger partial charge is 0.494 e. The lowest BCUT2D eigenvalue weighted by Crippen LogP contribution is -2.46. The Labute approximate surface area is 362 Å². The van der Waals surface area contributed by atoms with Gasteiger partial charge in [0, 0.05) is 45.4 Å². The topological polar surface area (TPSA) is 50.7 Å². The quantitative estimate of drug-likeness (QED) is 0.155. The highest BCUT2D eigenvalue weighted by atomic mass is 79.9. The molecule has 0 aliphatic carbocycles. The average molecular weight is 852 g/mol. The molecule has 0 radical (unpaired) electrons. The fourth-order valence-corrected chi connectivity index (χ4v) is 9.96. The van der Waals surface area contributed by atoms with E-state index in [1.54, 1.807) is 0 Å². The molecule has 0 N–H and O–H groups in total. The summed E-state index contributed by atoms with van der Waals surface area (Å²) in [4.78, 5) is 14.5. The highest BCUT2D eigenvalue weighted by Gasteiger charge is 2.55. The Bertz CT molecular complexity index is 2770. The lowest BCUT2D eigenvalue weighted by atomic mass is 9.69. The van der Waals surface area contributed by atoms with Crippen molar-refractivity contribution in [3.8, 4) is 11.1 Å². The Hall–Kier alpha value is -5.54. The van der Waals surface area contributed by atoms with Gasteiger partial charge in [-0.1, -0.05) is 135 Å². The van der Waals surface area contributed by atoms with E-state index in [1.165, 1.54) is 39.2 Å². The maximum absolute atomic E-state index is 7.13. The zero-order valence-electron chi connectivity index (χ0n) is 35.2. The van der Waals surface area contributed by atoms with E-state index in [-0.39, 0.29) is 10.8 Å². The molecular weight excluding hydrogens is 803 g/mol. The summed E-state index contributed by atoms with van der Waals surface area (Å²) in [6.45, 7) is 15.8. The summed E-state index contributed by atoms with van der Waals surface area (Å²) in [7, 11) is -0.529. The van der Waals surface area contributed by atoms with Crippen LogP contribution in [0, 0.1) is 0 Å². The van der Waals surface area contributed by atoms with Crippen molar-refractivity contribution in [3.63, 3.8) is 0 Å². The van der Waals surface area contributed by atoms with Crippen molar-refractivity contribution in [3.05, 3.63) is 184 Å². The normalized spacial score (nSPS) is 19.3. The minimum Gasteiger partial charge on any atom is -0.399 e. The van der Waals surface area contributed by atoms with Gasteiger partial charge in [-0.25, -0.2) is 9.97 Å². The molecule has 0 amide bonds. The molecule has 3 aliphatic heterocycles. The zero-order chi connectivity index (χ0) is 41.6. The summed E-state index contributed by atoms with van der Waals surface area (Å²) in [6, 6.07) is 49.7. The first-order valence-electron chi connectivity index (χ1n) is 20.8. The predicted octanol–water partition coefficient (Wildman–Crippen LogP) is 12.6. The molecule has 60 heavy (non-hydrogen) atoms. The van der Waals surface area contributed by atoms with Gasteiger partial charge in [0.15, 0.2) is 0 Å². The van der Waals surface area contributed by atoms with Crippen LogP contribution in [0.2, 0.25) is 0 Å². The molecule has 7 aromatic rings. The number of fused-ring (bicyclic) bond motifs is 4. The number of benzene rings is 6. The van der Waals surface area contributed by atoms with Crippen molar-refractivity contribution in [1.82, 2.24) is 9.97 Å². The van der Waals surface area contributed by atoms with Gasteiger partial charge in [0.05, 0.1) is 34.0 Å². The van der Waals surface area contributed by atoms with Crippen molar-refractivity contribution in [1.29, 1.82) is 0 Å². The Balaban J connectivity index is 0.988. The van der Waals surface area contributed by atoms with Gasteiger partial charge in [0.25, 0.3) is 0 Å². The highest BCUT2D eigenvalue weighted by molar-refractivity contribution is 9.10. The molecule has 6 aromatic carbocycles. The molecule has 0 spiro atoms. The first-order valence-corrected chi connectivity index (χ1v) is 21.6. The third kappa shape index (κ3) is 6.14. The second-order valence-corrected chi connectivity index (χ2v) is 19.1. The number of rotatable bonds is 6. The van der Waals surface area contributed by atoms with Crippen molar-refractivity contribution < 1.29 is 9.31 Å². The van der Waals surface area contributed by atoms with Gasteiger partial charge in [0.2, 0.25) is 5.95 Å². The molecule has 1 atom stereocenters. The van der Waals surface area contributed by atoms with Crippen LogP contribution in [-0.2, 0) is 26.6 Å². The van der Waals surface area contributed by atoms with E-state index < -0.39 is 18.3 Å². The van der Waals surface area contributed by atoms with Crippen LogP contribution in [0.1, 0.15) is 76.3 Å². The first kappa shape index (κ1) is 38.7. The first-order chi connectivity index (χ1) is 28.7. The SMILES string of the molecule is CC1(C)c2ccccc2N(c2ccccc2)c2ccc(B3OC(C)(C)C(C)(Cc4ccc5c(c4)C(C)(C)c4cc(Br)ccc4N5c4ncc(-c5ccccc5)cn4)O3)cc21. The standard InChI is InChI=1S/C52H48BBrN4O2/c1-49(2)40-20-14-15-21-44(40)57(39-18-12-9-13-19-39)45-26-23-37(29-42(45)49)53-59-51(5,6)52(7,60-53)31-34-22-25-46-41(28-34)50(3,4)43-30-38(54)24-27-47(43)58(46)48-55-32-36(33-56-48)35-16-10-8-11-17-35/h8-30,32-33H,31H2,1-7H3. The van der Waals surface area contributed by atoms with Crippen molar-refractivity contribution in [2.24, 2.45) is 0 Å². The van der Waals surface area contributed by atoms with Gasteiger partial charge in [0.1, 0.15) is 0 Å². The molecule has 3 aliphatic rings. The Morgan fingerprint density at radius 2 is 1.10 bits per heavy atom. The molecule has 1 aromatic heterocycles. The lowest BCUT2D eigenvalue weighted by molar-refractivity contribution is -0.00878. The van der Waals surface area contributed by atoms with Gasteiger partial charge in [-0.2, -0.15) is 0 Å². The molecule has 1 unspecified atom stereocenters. The summed E-state index contributed by atoms with van der Waals surface area (Å²) in [6.07, 6.45) is 4.50. The van der Waals surface area contributed by atoms with Gasteiger partial charge < -0.3 is 14.2 Å². The zero-order valence-corrected chi connectivity index (χ0v) is 36.8. The monoisotopic (exact) mass is 850 g/mol. The van der Waals surface area contributed by atoms with E-state index in [9.17, 15) is 0 Å². The van der Waals surface area contributed by atoms with Crippen LogP contribution in [0.4, 0.5) is 34.4 Å². The van der Waals surface area contributed by atoms with Gasteiger partial charge >= 0.3 is 7.12 Å². The minimum absolute atomic E-state index is 0.238. The van der Waals surface area contributed by atoms with Crippen molar-refractivity contribution in [2.45, 2.75) is 76.9 Å². The molecule has 8 heteroatoms. The van der Waals surface area contributed by atoms with E-state index in [4.69, 9.17) is 19.3 Å². The molecule has 0 bridgehead atoms. The van der Waals surface area contributed by atoms with Crippen LogP contribution in [0.3, 0.4) is 0 Å². The van der Waals surface area contributed by atoms with Gasteiger partial charge in [-0.05, 0) is 108 Å². The van der Waals surface area contributed by atoms with Gasteiger partial charge in [-0.15, -0.1) is 0 Å². The summed E-state index contributed by atoms with van der Waals surface area (Å²) in [5.41, 5.74) is 13.1. The predicted molar refractivity (Wildman–Crippen MR) is 249 cm³/mol. The molecule has 0 saturated carbocycles. The molecule has 10 rings (SSSR count). The van der Waals surface area contributed by atoms with Crippen molar-refractivity contribution in [2.75, 3.05) is 9.80 Å². The van der Waals surface area contributed by atoms with Crippen LogP contribution >= 0.6 is 15.9 Å². The third-order valence-electron chi connectivity index (χ3n) is 13.4. The summed E-state index contributed by atoms with van der Waals surface area (Å²) < 4.78 is 15.1. The Morgan fingerprint density at radius 3 is 1.83 bits per heavy atom. The third-order valence-corrected chi connectivity index (χ3v) is 13.9. The summed E-state index contributed by atoms with van der Waals surface area (Å²) >= 11 is 3.78. The van der Waals surface area contributed by atoms with E-state index in [2.05, 4.69) is 196 Å². The van der Waals surface area contributed by atoms with Crippen LogP contribution in [0.25, 0.3) is 11.1 Å². The Morgan fingerprint density at radius 1 is 0.533 bits per heavy atom. The van der Waals surface area contributed by atoms with Crippen molar-refractivity contribution >= 4 is 62.9 Å². The maximum atomic E-state index is 7.13. The second kappa shape index (κ2) is 14.0. The average Bonchev–Trinajstić information content (AvgIpc) is 3.49. The molecule has 1 fully saturated rings. The molecule has 4 heterocycles. The van der Waals surface area contributed by atoms with Gasteiger partial charge in [-0.3, -0.25) is 4.90 Å². The van der Waals surface area contributed by atoms with E-state index >= 15 is 0 Å². The molecule has 1 saturated heterocycles. The molecule has 6 nitrogen and oxygen atoms in total. The van der Waals surface area contributed by atoms with Crippen LogP contribution in [0.5, 0.6) is 0 Å². The number of para-hydroxylation sites is 2. The summed E-state index contributed by atoms with van der Waals surface area (Å²) in [5, 5.41) is 0. The fourth-order valence-electron chi connectivity index (χ4n) is 9.60. The lowest BCUT2D eigenvalue weighted by Gasteiger charge is -2.42. The smallest absolute Gasteiger partial charge is 0.399 e. The maximum Gasteiger partial charge on any atom is 0.494 e. The van der Waals surface area contributed by atoms with E-state index in [0.29, 0.717) is 12.4 Å². The highest BCUT2D eigenvalue weighted by Crippen LogP contribution is 2.54. The number of hydrogen-bond donors (Lipinski definition) is 0. The number of nitrogens with zero attached hydrogens (tertiary/aromatic N) is 4. The van der Waals surface area contributed by atoms with Crippen LogP contribution in [-0.4, -0.2) is 28.3 Å². The van der Waals surface area contributed by atoms with Crippen LogP contribution in [0.15, 0.2) is 156 Å². The Kier molecular flexibility index (Phi) is 9.03. The van der Waals surface area contributed by atoms with Crippen LogP contribution < -0.4 is 15.3 Å². The second-order valence-electron chi connectivity index (χ2n) is 18.2. The van der Waals surface area contributed by atoms with E-state index in [1.807, 2.05) is 30.6 Å².